The number of likely N-dealkylation sites (N-methyl/N-ethyl adjacent to an activating group) is 1. The molecule has 0 spiro atoms. The average Bonchev–Trinajstić information content (AvgIpc) is 2.73. The smallest absolute Gasteiger partial charge is 0.373 e. The molecule has 0 bridgehead atoms. The summed E-state index contributed by atoms with van der Waals surface area (Å²) in [6.07, 6.45) is 0. The van der Waals surface area contributed by atoms with Gasteiger partial charge in [0.15, 0.2) is 12.3 Å². The zero-order chi connectivity index (χ0) is 15.3. The zero-order valence-corrected chi connectivity index (χ0v) is 12.7. The molecule has 0 fully saturated rings. The van der Waals surface area contributed by atoms with Crippen LogP contribution in [-0.4, -0.2) is 38.1 Å². The van der Waals surface area contributed by atoms with Crippen molar-refractivity contribution in [3.05, 3.63) is 23.7 Å². The minimum absolute atomic E-state index is 0.0188. The Hall–Kier alpha value is -1.82. The van der Waals surface area contributed by atoms with Gasteiger partial charge in [0.2, 0.25) is 5.76 Å². The maximum Gasteiger partial charge on any atom is 0.373 e. The van der Waals surface area contributed by atoms with Crippen molar-refractivity contribution in [1.82, 2.24) is 5.32 Å². The van der Waals surface area contributed by atoms with Gasteiger partial charge in [0.1, 0.15) is 6.54 Å². The zero-order valence-electron chi connectivity index (χ0n) is 12.7. The number of furan rings is 1. The Morgan fingerprint density at radius 3 is 2.55 bits per heavy atom. The molecular weight excluding hydrogens is 260 g/mol. The molecule has 1 rings (SSSR count). The summed E-state index contributed by atoms with van der Waals surface area (Å²) in [6.45, 7) is 6.68. The highest BCUT2D eigenvalue weighted by atomic mass is 16.5. The van der Waals surface area contributed by atoms with Crippen molar-refractivity contribution in [2.24, 2.45) is 0 Å². The van der Waals surface area contributed by atoms with Crippen LogP contribution >= 0.6 is 0 Å². The highest BCUT2D eigenvalue weighted by Gasteiger charge is 2.19. The fourth-order valence-electron chi connectivity index (χ4n) is 1.78. The molecule has 0 aliphatic rings. The second kappa shape index (κ2) is 6.56. The van der Waals surface area contributed by atoms with E-state index in [-0.39, 0.29) is 17.2 Å². The first-order valence-corrected chi connectivity index (χ1v) is 6.50. The van der Waals surface area contributed by atoms with Gasteiger partial charge in [-0.1, -0.05) is 0 Å². The third-order valence-electron chi connectivity index (χ3n) is 2.50. The van der Waals surface area contributed by atoms with E-state index in [0.29, 0.717) is 18.8 Å². The summed E-state index contributed by atoms with van der Waals surface area (Å²) in [6, 6.07) is 3.29. The average molecular weight is 283 g/mol. The summed E-state index contributed by atoms with van der Waals surface area (Å²) in [7, 11) is 3.20. The maximum atomic E-state index is 11.8. The van der Waals surface area contributed by atoms with Crippen LogP contribution in [0.5, 0.6) is 0 Å². The maximum absolute atomic E-state index is 11.8. The molecule has 0 saturated carbocycles. The molecule has 0 aliphatic heterocycles. The summed E-state index contributed by atoms with van der Waals surface area (Å²) >= 11 is 0. The monoisotopic (exact) mass is 283 g/mol. The number of hydrogen-bond acceptors (Lipinski definition) is 4. The second-order valence-electron chi connectivity index (χ2n) is 5.87. The molecule has 112 valence electrons. The van der Waals surface area contributed by atoms with Crippen molar-refractivity contribution in [1.29, 1.82) is 0 Å². The van der Waals surface area contributed by atoms with E-state index < -0.39 is 5.97 Å². The topological polar surface area (TPSA) is 73.0 Å². The molecule has 1 unspecified atom stereocenters. The van der Waals surface area contributed by atoms with Gasteiger partial charge in [-0.3, -0.25) is 4.79 Å². The summed E-state index contributed by atoms with van der Waals surface area (Å²) in [5, 5.41) is 2.90. The molecule has 0 saturated heterocycles. The van der Waals surface area contributed by atoms with Crippen LogP contribution in [-0.2, 0) is 16.1 Å². The Labute approximate surface area is 119 Å². The van der Waals surface area contributed by atoms with Crippen LogP contribution < -0.4 is 10.2 Å². The summed E-state index contributed by atoms with van der Waals surface area (Å²) in [5.41, 5.74) is -0.236. The molecule has 1 heterocycles. The fourth-order valence-corrected chi connectivity index (χ4v) is 1.78. The summed E-state index contributed by atoms with van der Waals surface area (Å²) < 4.78 is 9.93. The van der Waals surface area contributed by atoms with Crippen LogP contribution in [0.2, 0.25) is 0 Å². The van der Waals surface area contributed by atoms with Crippen LogP contribution in [0, 0.1) is 0 Å². The van der Waals surface area contributed by atoms with Gasteiger partial charge in [0.05, 0.1) is 14.2 Å². The van der Waals surface area contributed by atoms with E-state index in [1.807, 2.05) is 27.8 Å². The van der Waals surface area contributed by atoms with E-state index in [4.69, 9.17) is 4.42 Å². The number of carbonyl (C=O) groups excluding carboxylic acids is 2. The standard InChI is InChI=1S/C14H22N2O4/c1-14(2,3)15-12(17)9-16(4)8-10-6-7-11(20-10)13(18)19-5/h6-7H,8-9H2,1-5H3,(H,15,17)/p+1. The van der Waals surface area contributed by atoms with E-state index in [9.17, 15) is 9.59 Å². The number of methoxy groups -OCH3 is 1. The minimum atomic E-state index is -0.501. The summed E-state index contributed by atoms with van der Waals surface area (Å²) in [4.78, 5) is 24.0. The first kappa shape index (κ1) is 16.2. The van der Waals surface area contributed by atoms with E-state index in [0.717, 1.165) is 4.90 Å². The number of amides is 1. The third kappa shape index (κ3) is 5.44. The van der Waals surface area contributed by atoms with Crippen molar-refractivity contribution < 1.29 is 23.6 Å². The molecule has 6 nitrogen and oxygen atoms in total. The van der Waals surface area contributed by atoms with E-state index in [2.05, 4.69) is 10.1 Å². The SMILES string of the molecule is COC(=O)c1ccc(C[NH+](C)CC(=O)NC(C)(C)C)o1. The lowest BCUT2D eigenvalue weighted by atomic mass is 10.1. The van der Waals surface area contributed by atoms with Crippen LogP contribution in [0.15, 0.2) is 16.5 Å². The highest BCUT2D eigenvalue weighted by molar-refractivity contribution is 5.86. The first-order chi connectivity index (χ1) is 9.21. The number of esters is 1. The Kier molecular flexibility index (Phi) is 5.33. The van der Waals surface area contributed by atoms with E-state index >= 15 is 0 Å². The second-order valence-corrected chi connectivity index (χ2v) is 5.87. The molecule has 2 N–H and O–H groups in total. The Morgan fingerprint density at radius 1 is 1.35 bits per heavy atom. The molecule has 1 amide bonds. The lowest BCUT2D eigenvalue weighted by Gasteiger charge is -2.21. The first-order valence-electron chi connectivity index (χ1n) is 6.50. The van der Waals surface area contributed by atoms with Gasteiger partial charge in [-0.2, -0.15) is 0 Å². The molecular formula is C14H23N2O4+. The largest absolute Gasteiger partial charge is 0.463 e. The molecule has 0 aliphatic carbocycles. The molecule has 6 heteroatoms. The fraction of sp³-hybridized carbons (Fsp3) is 0.571. The molecule has 20 heavy (non-hydrogen) atoms. The predicted octanol–water partition coefficient (Wildman–Crippen LogP) is -0.00440. The highest BCUT2D eigenvalue weighted by Crippen LogP contribution is 2.07. The predicted molar refractivity (Wildman–Crippen MR) is 73.4 cm³/mol. The van der Waals surface area contributed by atoms with E-state index in [1.165, 1.54) is 7.11 Å². The van der Waals surface area contributed by atoms with Gasteiger partial charge < -0.3 is 19.4 Å². The Morgan fingerprint density at radius 2 is 2.00 bits per heavy atom. The minimum Gasteiger partial charge on any atom is -0.463 e. The van der Waals surface area contributed by atoms with Gasteiger partial charge >= 0.3 is 5.97 Å². The molecule has 1 aromatic rings. The van der Waals surface area contributed by atoms with Gasteiger partial charge in [-0.05, 0) is 32.9 Å². The van der Waals surface area contributed by atoms with Crippen molar-refractivity contribution in [2.45, 2.75) is 32.9 Å². The number of quaternary nitrogens is 1. The third-order valence-corrected chi connectivity index (χ3v) is 2.50. The van der Waals surface area contributed by atoms with Gasteiger partial charge in [-0.25, -0.2) is 4.79 Å². The Balaban J connectivity index is 2.50. The molecule has 0 radical (unpaired) electrons. The molecule has 0 aromatic carbocycles. The Bertz CT molecular complexity index is 474. The number of nitrogens with one attached hydrogen (secondary N) is 2. The number of ether oxygens (including phenoxy) is 1. The van der Waals surface area contributed by atoms with Crippen LogP contribution in [0.1, 0.15) is 37.1 Å². The van der Waals surface area contributed by atoms with Crippen molar-refractivity contribution >= 4 is 11.9 Å². The number of carbonyl (C=O) groups is 2. The van der Waals surface area contributed by atoms with Crippen molar-refractivity contribution in [3.8, 4) is 0 Å². The van der Waals surface area contributed by atoms with Crippen molar-refractivity contribution in [2.75, 3.05) is 20.7 Å². The molecule has 1 atom stereocenters. The normalized spacial score (nSPS) is 12.8. The van der Waals surface area contributed by atoms with Gasteiger partial charge in [-0.15, -0.1) is 0 Å². The van der Waals surface area contributed by atoms with Crippen LogP contribution in [0.3, 0.4) is 0 Å². The van der Waals surface area contributed by atoms with Gasteiger partial charge in [0, 0.05) is 5.54 Å². The lowest BCUT2D eigenvalue weighted by Crippen LogP contribution is -3.09. The summed E-state index contributed by atoms with van der Waals surface area (Å²) in [5.74, 6) is 0.301. The van der Waals surface area contributed by atoms with Crippen molar-refractivity contribution in [3.63, 3.8) is 0 Å². The quantitative estimate of drug-likeness (QED) is 0.746. The number of hydrogen-bond donors (Lipinski definition) is 2. The van der Waals surface area contributed by atoms with Crippen LogP contribution in [0.4, 0.5) is 0 Å². The van der Waals surface area contributed by atoms with Gasteiger partial charge in [0.25, 0.3) is 5.91 Å². The van der Waals surface area contributed by atoms with Crippen LogP contribution in [0.25, 0.3) is 0 Å². The number of rotatable bonds is 5. The van der Waals surface area contributed by atoms with E-state index in [1.54, 1.807) is 12.1 Å². The molecule has 1 aromatic heterocycles. The lowest BCUT2D eigenvalue weighted by molar-refractivity contribution is -0.886.